The second-order valence-electron chi connectivity index (χ2n) is 6.24. The Labute approximate surface area is 147 Å². The Hall–Kier alpha value is -2.89. The van der Waals surface area contributed by atoms with Crippen LogP contribution in [0.4, 0.5) is 11.5 Å². The van der Waals surface area contributed by atoms with Crippen molar-refractivity contribution in [3.05, 3.63) is 54.2 Å². The molecule has 130 valence electrons. The molecule has 0 saturated carbocycles. The van der Waals surface area contributed by atoms with Crippen LogP contribution in [0.5, 0.6) is 0 Å². The Balaban J connectivity index is 1.49. The molecule has 1 aliphatic rings. The van der Waals surface area contributed by atoms with E-state index in [0.717, 1.165) is 36.6 Å². The number of carbonyl (C=O) groups excluding carboxylic acids is 2. The number of hydrogen-bond donors (Lipinski definition) is 2. The minimum absolute atomic E-state index is 0.0140. The maximum Gasteiger partial charge on any atom is 0.224 e. The summed E-state index contributed by atoms with van der Waals surface area (Å²) in [5.74, 6) is 0.858. The highest BCUT2D eigenvalue weighted by Crippen LogP contribution is 2.17. The number of amides is 2. The van der Waals surface area contributed by atoms with Crippen LogP contribution in [0.25, 0.3) is 0 Å². The van der Waals surface area contributed by atoms with Crippen molar-refractivity contribution < 1.29 is 9.59 Å². The first-order chi connectivity index (χ1) is 12.1. The van der Waals surface area contributed by atoms with Gasteiger partial charge in [0, 0.05) is 37.9 Å². The van der Waals surface area contributed by atoms with Crippen LogP contribution >= 0.6 is 0 Å². The van der Waals surface area contributed by atoms with E-state index in [0.29, 0.717) is 6.42 Å². The van der Waals surface area contributed by atoms with Crippen molar-refractivity contribution in [1.29, 1.82) is 0 Å². The second-order valence-corrected chi connectivity index (χ2v) is 6.24. The zero-order chi connectivity index (χ0) is 17.6. The molecule has 2 N–H and O–H groups in total. The smallest absolute Gasteiger partial charge is 0.224 e. The zero-order valence-corrected chi connectivity index (χ0v) is 14.2. The predicted octanol–water partition coefficient (Wildman–Crippen LogP) is 1.98. The van der Waals surface area contributed by atoms with Gasteiger partial charge in [-0.2, -0.15) is 0 Å². The van der Waals surface area contributed by atoms with Crippen LogP contribution < -0.4 is 15.5 Å². The average Bonchev–Trinajstić information content (AvgIpc) is 3.05. The van der Waals surface area contributed by atoms with Crippen molar-refractivity contribution in [2.75, 3.05) is 23.3 Å². The molecule has 2 amide bonds. The summed E-state index contributed by atoms with van der Waals surface area (Å²) in [4.78, 5) is 29.8. The third-order valence-corrected chi connectivity index (χ3v) is 4.17. The summed E-state index contributed by atoms with van der Waals surface area (Å²) in [6, 6.07) is 13.3. The number of benzene rings is 1. The van der Waals surface area contributed by atoms with Crippen molar-refractivity contribution in [3.8, 4) is 0 Å². The maximum absolute atomic E-state index is 12.3. The van der Waals surface area contributed by atoms with Crippen molar-refractivity contribution in [1.82, 2.24) is 10.3 Å². The van der Waals surface area contributed by atoms with Gasteiger partial charge in [-0.25, -0.2) is 4.98 Å². The molecule has 1 aromatic carbocycles. The lowest BCUT2D eigenvalue weighted by molar-refractivity contribution is -0.121. The Morgan fingerprint density at radius 1 is 1.20 bits per heavy atom. The van der Waals surface area contributed by atoms with Gasteiger partial charge in [0.2, 0.25) is 11.8 Å². The Kier molecular flexibility index (Phi) is 5.28. The van der Waals surface area contributed by atoms with E-state index in [4.69, 9.17) is 0 Å². The number of nitrogens with one attached hydrogen (secondary N) is 2. The minimum atomic E-state index is -0.107. The highest BCUT2D eigenvalue weighted by atomic mass is 16.2. The molecule has 6 nitrogen and oxygen atoms in total. The maximum atomic E-state index is 12.3. The molecule has 0 aliphatic carbocycles. The molecule has 1 aromatic heterocycles. The van der Waals surface area contributed by atoms with Crippen LogP contribution in [0.15, 0.2) is 48.7 Å². The van der Waals surface area contributed by atoms with E-state index in [9.17, 15) is 9.59 Å². The van der Waals surface area contributed by atoms with Crippen LogP contribution in [-0.2, 0) is 16.0 Å². The standard InChI is InChI=1S/C19H22N4O2/c1-14(24)21-16-7-5-15(6-8-16)12-19(25)22-17-9-11-23(13-17)18-4-2-3-10-20-18/h2-8,10,17H,9,11-13H2,1H3,(H,21,24)(H,22,25)/t17-/m0/s1. The number of nitrogens with zero attached hydrogens (tertiary/aromatic N) is 2. The Bertz CT molecular complexity index is 731. The topological polar surface area (TPSA) is 74.3 Å². The average molecular weight is 338 g/mol. The molecule has 2 heterocycles. The van der Waals surface area contributed by atoms with Crippen molar-refractivity contribution in [2.45, 2.75) is 25.8 Å². The molecular weight excluding hydrogens is 316 g/mol. The summed E-state index contributed by atoms with van der Waals surface area (Å²) in [6.07, 6.45) is 3.04. The van der Waals surface area contributed by atoms with E-state index in [-0.39, 0.29) is 17.9 Å². The number of aromatic nitrogens is 1. The van der Waals surface area contributed by atoms with Gasteiger partial charge in [-0.15, -0.1) is 0 Å². The molecule has 1 aliphatic heterocycles. The predicted molar refractivity (Wildman–Crippen MR) is 97.4 cm³/mol. The lowest BCUT2D eigenvalue weighted by atomic mass is 10.1. The van der Waals surface area contributed by atoms with E-state index in [1.54, 1.807) is 6.20 Å². The number of anilines is 2. The summed E-state index contributed by atoms with van der Waals surface area (Å²) in [5.41, 5.74) is 1.66. The van der Waals surface area contributed by atoms with Crippen LogP contribution in [-0.4, -0.2) is 35.9 Å². The lowest BCUT2D eigenvalue weighted by Gasteiger charge is -2.17. The van der Waals surface area contributed by atoms with Gasteiger partial charge in [-0.1, -0.05) is 18.2 Å². The van der Waals surface area contributed by atoms with Crippen LogP contribution in [0.1, 0.15) is 18.9 Å². The molecule has 6 heteroatoms. The number of hydrogen-bond acceptors (Lipinski definition) is 4. The summed E-state index contributed by atoms with van der Waals surface area (Å²) < 4.78 is 0. The van der Waals surface area contributed by atoms with Gasteiger partial charge in [0.25, 0.3) is 0 Å². The fourth-order valence-electron chi connectivity index (χ4n) is 3.00. The van der Waals surface area contributed by atoms with E-state index in [2.05, 4.69) is 20.5 Å². The number of rotatable bonds is 5. The fraction of sp³-hybridized carbons (Fsp3) is 0.316. The molecule has 1 fully saturated rings. The fourth-order valence-corrected chi connectivity index (χ4v) is 3.00. The van der Waals surface area contributed by atoms with Gasteiger partial charge in [-0.3, -0.25) is 9.59 Å². The molecule has 3 rings (SSSR count). The molecule has 0 radical (unpaired) electrons. The van der Waals surface area contributed by atoms with Gasteiger partial charge in [0.1, 0.15) is 5.82 Å². The molecule has 0 spiro atoms. The van der Waals surface area contributed by atoms with Crippen LogP contribution in [0.2, 0.25) is 0 Å². The Morgan fingerprint density at radius 3 is 2.68 bits per heavy atom. The van der Waals surface area contributed by atoms with E-state index in [1.165, 1.54) is 6.92 Å². The van der Waals surface area contributed by atoms with Crippen molar-refractivity contribution >= 4 is 23.3 Å². The molecule has 1 saturated heterocycles. The van der Waals surface area contributed by atoms with Crippen LogP contribution in [0.3, 0.4) is 0 Å². The quantitative estimate of drug-likeness (QED) is 0.874. The summed E-state index contributed by atoms with van der Waals surface area (Å²) >= 11 is 0. The molecule has 25 heavy (non-hydrogen) atoms. The summed E-state index contributed by atoms with van der Waals surface area (Å²) in [7, 11) is 0. The zero-order valence-electron chi connectivity index (χ0n) is 14.2. The van der Waals surface area contributed by atoms with E-state index < -0.39 is 0 Å². The van der Waals surface area contributed by atoms with Gasteiger partial charge in [0.05, 0.1) is 6.42 Å². The Morgan fingerprint density at radius 2 is 2.00 bits per heavy atom. The molecule has 0 bridgehead atoms. The van der Waals surface area contributed by atoms with Crippen molar-refractivity contribution in [3.63, 3.8) is 0 Å². The highest BCUT2D eigenvalue weighted by molar-refractivity contribution is 5.88. The first-order valence-electron chi connectivity index (χ1n) is 8.42. The molecule has 0 unspecified atom stereocenters. The van der Waals surface area contributed by atoms with Crippen molar-refractivity contribution in [2.24, 2.45) is 0 Å². The molecule has 2 aromatic rings. The summed E-state index contributed by atoms with van der Waals surface area (Å²) in [5, 5.41) is 5.81. The largest absolute Gasteiger partial charge is 0.354 e. The SMILES string of the molecule is CC(=O)Nc1ccc(CC(=O)N[C@H]2CCN(c3ccccn3)C2)cc1. The molecular formula is C19H22N4O2. The second kappa shape index (κ2) is 7.79. The number of carbonyl (C=O) groups is 2. The van der Waals surface area contributed by atoms with Gasteiger partial charge < -0.3 is 15.5 Å². The van der Waals surface area contributed by atoms with Gasteiger partial charge in [0.15, 0.2) is 0 Å². The first-order valence-corrected chi connectivity index (χ1v) is 8.42. The van der Waals surface area contributed by atoms with Gasteiger partial charge >= 0.3 is 0 Å². The highest BCUT2D eigenvalue weighted by Gasteiger charge is 2.24. The summed E-state index contributed by atoms with van der Waals surface area (Å²) in [6.45, 7) is 3.15. The third-order valence-electron chi connectivity index (χ3n) is 4.17. The normalized spacial score (nSPS) is 16.5. The third kappa shape index (κ3) is 4.79. The number of pyridine rings is 1. The monoisotopic (exact) mass is 338 g/mol. The van der Waals surface area contributed by atoms with E-state index in [1.807, 2.05) is 42.5 Å². The van der Waals surface area contributed by atoms with E-state index >= 15 is 0 Å². The van der Waals surface area contributed by atoms with Crippen LogP contribution in [0, 0.1) is 0 Å². The van der Waals surface area contributed by atoms with Gasteiger partial charge in [-0.05, 0) is 36.2 Å². The first kappa shape index (κ1) is 17.0. The molecule has 1 atom stereocenters. The minimum Gasteiger partial charge on any atom is -0.354 e. The lowest BCUT2D eigenvalue weighted by Crippen LogP contribution is -2.38.